The molecule has 2 aliphatic carbocycles. The number of hydrogen-bond donors (Lipinski definition) is 3. The molecular formula is C35H41N3O3. The van der Waals surface area contributed by atoms with Gasteiger partial charge in [0.15, 0.2) is 5.60 Å². The lowest BCUT2D eigenvalue weighted by Gasteiger charge is -2.54. The average Bonchev–Trinajstić information content (AvgIpc) is 3.47. The predicted molar refractivity (Wildman–Crippen MR) is 160 cm³/mol. The maximum atomic E-state index is 13.8. The van der Waals surface area contributed by atoms with Crippen LogP contribution in [-0.4, -0.2) is 47.5 Å². The third kappa shape index (κ3) is 6.09. The Balaban J connectivity index is 1.06. The van der Waals surface area contributed by atoms with Crippen molar-refractivity contribution in [3.63, 3.8) is 0 Å². The van der Waals surface area contributed by atoms with Gasteiger partial charge >= 0.3 is 0 Å². The highest BCUT2D eigenvalue weighted by atomic mass is 16.3. The molecule has 3 N–H and O–H groups in total. The molecule has 2 bridgehead atoms. The van der Waals surface area contributed by atoms with Gasteiger partial charge in [-0.25, -0.2) is 0 Å². The van der Waals surface area contributed by atoms with Crippen molar-refractivity contribution < 1.29 is 14.7 Å². The third-order valence-corrected chi connectivity index (χ3v) is 9.71. The Morgan fingerprint density at radius 2 is 1.41 bits per heavy atom. The summed E-state index contributed by atoms with van der Waals surface area (Å²) in [7, 11) is 0. The largest absolute Gasteiger partial charge is 0.375 e. The first-order valence-electron chi connectivity index (χ1n) is 15.1. The van der Waals surface area contributed by atoms with Gasteiger partial charge in [-0.2, -0.15) is 0 Å². The van der Waals surface area contributed by atoms with Gasteiger partial charge in [0.2, 0.25) is 5.91 Å². The van der Waals surface area contributed by atoms with E-state index in [4.69, 9.17) is 0 Å². The van der Waals surface area contributed by atoms with E-state index in [9.17, 15) is 14.7 Å². The highest BCUT2D eigenvalue weighted by molar-refractivity contribution is 5.87. The summed E-state index contributed by atoms with van der Waals surface area (Å²) in [6, 6.07) is 29.6. The topological polar surface area (TPSA) is 81.7 Å². The van der Waals surface area contributed by atoms with Crippen LogP contribution in [0.15, 0.2) is 91.0 Å². The summed E-state index contributed by atoms with van der Waals surface area (Å²) in [4.78, 5) is 29.1. The van der Waals surface area contributed by atoms with Crippen molar-refractivity contribution >= 4 is 11.8 Å². The lowest BCUT2D eigenvalue weighted by atomic mass is 9.61. The second kappa shape index (κ2) is 12.2. The fourth-order valence-electron chi connectivity index (χ4n) is 7.53. The van der Waals surface area contributed by atoms with E-state index in [0.29, 0.717) is 49.1 Å². The van der Waals surface area contributed by atoms with Crippen molar-refractivity contribution in [2.24, 2.45) is 23.7 Å². The first-order valence-corrected chi connectivity index (χ1v) is 15.1. The molecule has 6 nitrogen and oxygen atoms in total. The molecule has 3 unspecified atom stereocenters. The molecule has 3 aromatic rings. The van der Waals surface area contributed by atoms with Crippen molar-refractivity contribution in [1.29, 1.82) is 0 Å². The molecule has 4 fully saturated rings. The molecule has 2 heterocycles. The van der Waals surface area contributed by atoms with Crippen molar-refractivity contribution in [3.8, 4) is 0 Å². The van der Waals surface area contributed by atoms with E-state index in [1.165, 1.54) is 12.0 Å². The van der Waals surface area contributed by atoms with E-state index in [-0.39, 0.29) is 23.8 Å². The molecule has 7 rings (SSSR count). The lowest BCUT2D eigenvalue weighted by molar-refractivity contribution is -0.148. The lowest BCUT2D eigenvalue weighted by Crippen LogP contribution is -2.59. The molecule has 5 atom stereocenters. The van der Waals surface area contributed by atoms with E-state index in [1.54, 1.807) is 0 Å². The van der Waals surface area contributed by atoms with E-state index in [2.05, 4.69) is 45.9 Å². The van der Waals surface area contributed by atoms with Gasteiger partial charge in [0.1, 0.15) is 0 Å². The van der Waals surface area contributed by atoms with Crippen LogP contribution in [0.2, 0.25) is 0 Å². The molecule has 0 radical (unpaired) electrons. The van der Waals surface area contributed by atoms with Crippen molar-refractivity contribution in [3.05, 3.63) is 108 Å². The summed E-state index contributed by atoms with van der Waals surface area (Å²) in [6.07, 6.45) is 3.55. The van der Waals surface area contributed by atoms with E-state index in [0.717, 1.165) is 31.6 Å². The molecule has 6 heteroatoms. The van der Waals surface area contributed by atoms with Crippen LogP contribution in [0.1, 0.15) is 42.4 Å². The van der Waals surface area contributed by atoms with Crippen LogP contribution in [-0.2, 0) is 28.2 Å². The molecule has 2 saturated heterocycles. The van der Waals surface area contributed by atoms with Gasteiger partial charge in [-0.3, -0.25) is 14.5 Å². The number of amides is 2. The van der Waals surface area contributed by atoms with Gasteiger partial charge < -0.3 is 15.7 Å². The number of piperidine rings is 2. The number of nitrogens with one attached hydrogen (secondary N) is 2. The van der Waals surface area contributed by atoms with E-state index < -0.39 is 5.60 Å². The van der Waals surface area contributed by atoms with E-state index in [1.807, 2.05) is 60.7 Å². The second-order valence-corrected chi connectivity index (χ2v) is 12.4. The standard InChI is InChI=1S/C35H41N3O3/c39-33(18-25-10-4-1-5-11-25)37-31-17-16-30(20-31)35(41,29-14-8-3-9-15-29)34(40)36-21-32-27-19-28(32)24-38(23-27)22-26-12-6-2-7-13-26/h1-15,27-28,30-32,41H,16-24H2,(H,36,40)(H,37,39)/t27-,28-,30?,31?,35?/m0/s1. The summed E-state index contributed by atoms with van der Waals surface area (Å²) in [5, 5.41) is 18.5. The van der Waals surface area contributed by atoms with Crippen LogP contribution in [0.3, 0.4) is 0 Å². The number of aliphatic hydroxyl groups is 1. The predicted octanol–water partition coefficient (Wildman–Crippen LogP) is 4.29. The zero-order valence-electron chi connectivity index (χ0n) is 23.6. The highest BCUT2D eigenvalue weighted by Crippen LogP contribution is 2.46. The maximum absolute atomic E-state index is 13.8. The van der Waals surface area contributed by atoms with Gasteiger partial charge in [0.25, 0.3) is 5.91 Å². The van der Waals surface area contributed by atoms with Crippen LogP contribution in [0.25, 0.3) is 0 Å². The molecule has 0 spiro atoms. The number of carbonyl (C=O) groups is 2. The first-order chi connectivity index (χ1) is 20.0. The van der Waals surface area contributed by atoms with Gasteiger partial charge in [-0.15, -0.1) is 0 Å². The molecule has 2 aliphatic heterocycles. The normalized spacial score (nSPS) is 26.9. The first kappa shape index (κ1) is 27.7. The molecule has 2 amide bonds. The molecule has 3 aromatic carbocycles. The average molecular weight is 552 g/mol. The third-order valence-electron chi connectivity index (χ3n) is 9.71. The number of fused-ring (bicyclic) bond motifs is 2. The summed E-state index contributed by atoms with van der Waals surface area (Å²) < 4.78 is 0. The fraction of sp³-hybridized carbons (Fsp3) is 0.429. The van der Waals surface area contributed by atoms with E-state index >= 15 is 0 Å². The van der Waals surface area contributed by atoms with Crippen molar-refractivity contribution in [1.82, 2.24) is 15.5 Å². The Hall–Kier alpha value is -3.48. The maximum Gasteiger partial charge on any atom is 0.256 e. The quantitative estimate of drug-likeness (QED) is 0.351. The van der Waals surface area contributed by atoms with Gasteiger partial charge in [0, 0.05) is 38.1 Å². The minimum absolute atomic E-state index is 0.0209. The SMILES string of the molecule is O=C(Cc1ccccc1)NC1CCC(C(O)(C(=O)NCC2[C@H]3C[C@H]2CN(Cc2ccccc2)C3)c2ccccc2)C1. The smallest absolute Gasteiger partial charge is 0.256 e. The second-order valence-electron chi connectivity index (χ2n) is 12.4. The molecular weight excluding hydrogens is 510 g/mol. The minimum atomic E-state index is -1.63. The van der Waals surface area contributed by atoms with Crippen LogP contribution < -0.4 is 10.6 Å². The van der Waals surface area contributed by atoms with Crippen LogP contribution in [0.4, 0.5) is 0 Å². The molecule has 41 heavy (non-hydrogen) atoms. The minimum Gasteiger partial charge on any atom is -0.375 e. The monoisotopic (exact) mass is 551 g/mol. The summed E-state index contributed by atoms with van der Waals surface area (Å²) in [5.74, 6) is 1.02. The molecule has 0 aromatic heterocycles. The summed E-state index contributed by atoms with van der Waals surface area (Å²) in [5.41, 5.74) is 1.32. The number of carbonyl (C=O) groups excluding carboxylic acids is 2. The highest BCUT2D eigenvalue weighted by Gasteiger charge is 2.50. The number of nitrogens with zero attached hydrogens (tertiary/aromatic N) is 1. The van der Waals surface area contributed by atoms with Crippen LogP contribution in [0.5, 0.6) is 0 Å². The zero-order valence-corrected chi connectivity index (χ0v) is 23.6. The summed E-state index contributed by atoms with van der Waals surface area (Å²) >= 11 is 0. The summed E-state index contributed by atoms with van der Waals surface area (Å²) in [6.45, 7) is 3.70. The number of benzene rings is 3. The van der Waals surface area contributed by atoms with Gasteiger partial charge in [-0.1, -0.05) is 91.0 Å². The molecule has 2 saturated carbocycles. The zero-order chi connectivity index (χ0) is 28.2. The van der Waals surface area contributed by atoms with Crippen molar-refractivity contribution in [2.75, 3.05) is 19.6 Å². The fourth-order valence-corrected chi connectivity index (χ4v) is 7.53. The Labute approximate surface area is 243 Å². The molecule has 4 aliphatic rings. The molecule has 214 valence electrons. The van der Waals surface area contributed by atoms with Crippen molar-refractivity contribution in [2.45, 2.75) is 50.3 Å². The number of hydrogen-bond acceptors (Lipinski definition) is 4. The Bertz CT molecular complexity index is 1310. The number of rotatable bonds is 10. The van der Waals surface area contributed by atoms with Gasteiger partial charge in [0.05, 0.1) is 6.42 Å². The van der Waals surface area contributed by atoms with Crippen LogP contribution in [0, 0.1) is 23.7 Å². The Morgan fingerprint density at radius 1 is 0.805 bits per heavy atom. The van der Waals surface area contributed by atoms with Crippen LogP contribution >= 0.6 is 0 Å². The van der Waals surface area contributed by atoms with Gasteiger partial charge in [-0.05, 0) is 60.1 Å². The Kier molecular flexibility index (Phi) is 8.22. The Morgan fingerprint density at radius 3 is 2.07 bits per heavy atom.